The Balaban J connectivity index is 1.99. The third-order valence-corrected chi connectivity index (χ3v) is 5.41. The number of benzene rings is 4. The van der Waals surface area contributed by atoms with E-state index in [0.29, 0.717) is 10.4 Å². The minimum absolute atomic E-state index is 0.0176. The molecule has 0 saturated heterocycles. The number of para-hydroxylation sites is 1. The predicted molar refractivity (Wildman–Crippen MR) is 117 cm³/mol. The zero-order chi connectivity index (χ0) is 19.1. The maximum Gasteiger partial charge on any atom is 0.190 e. The van der Waals surface area contributed by atoms with Crippen LogP contribution in [0.1, 0.15) is 0 Å². The van der Waals surface area contributed by atoms with Crippen LogP contribution < -0.4 is 5.43 Å². The van der Waals surface area contributed by atoms with E-state index in [-0.39, 0.29) is 5.43 Å². The molecule has 0 saturated carbocycles. The van der Waals surface area contributed by atoms with Crippen molar-refractivity contribution in [3.8, 4) is 16.9 Å². The van der Waals surface area contributed by atoms with E-state index in [1.165, 1.54) is 0 Å². The third kappa shape index (κ3) is 2.62. The van der Waals surface area contributed by atoms with Gasteiger partial charge in [-0.3, -0.25) is 4.79 Å². The normalized spacial score (nSPS) is 11.2. The van der Waals surface area contributed by atoms with E-state index in [1.54, 1.807) is 6.07 Å². The van der Waals surface area contributed by atoms with E-state index in [2.05, 4.69) is 10.6 Å². The zero-order valence-corrected chi connectivity index (χ0v) is 15.7. The van der Waals surface area contributed by atoms with Gasteiger partial charge < -0.3 is 4.57 Å². The molecule has 3 heteroatoms. The topological polar surface area (TPSA) is 22.0 Å². The van der Waals surface area contributed by atoms with Crippen molar-refractivity contribution < 1.29 is 0 Å². The lowest BCUT2D eigenvalue weighted by Crippen LogP contribution is -2.11. The number of aromatic nitrogens is 1. The molecule has 4 aromatic carbocycles. The summed E-state index contributed by atoms with van der Waals surface area (Å²) in [6.45, 7) is 0. The van der Waals surface area contributed by atoms with Crippen LogP contribution in [0.25, 0.3) is 38.6 Å². The molecule has 0 fully saturated rings. The Morgan fingerprint density at radius 2 is 1.29 bits per heavy atom. The van der Waals surface area contributed by atoms with Crippen molar-refractivity contribution in [2.45, 2.75) is 0 Å². The van der Waals surface area contributed by atoms with Gasteiger partial charge in [0.15, 0.2) is 5.43 Å². The summed E-state index contributed by atoms with van der Waals surface area (Å²) in [7, 11) is 0. The monoisotopic (exact) mass is 381 g/mol. The molecule has 5 aromatic rings. The van der Waals surface area contributed by atoms with Gasteiger partial charge in [-0.25, -0.2) is 0 Å². The molecule has 0 N–H and O–H groups in total. The molecular weight excluding hydrogens is 366 g/mol. The molecule has 2 nitrogen and oxygen atoms in total. The summed E-state index contributed by atoms with van der Waals surface area (Å²) < 4.78 is 2.16. The number of hydrogen-bond acceptors (Lipinski definition) is 1. The molecule has 0 aliphatic rings. The summed E-state index contributed by atoms with van der Waals surface area (Å²) in [5.74, 6) is 0. The number of fused-ring (bicyclic) bond motifs is 2. The van der Waals surface area contributed by atoms with Gasteiger partial charge in [-0.05, 0) is 29.8 Å². The van der Waals surface area contributed by atoms with Gasteiger partial charge in [0, 0.05) is 27.2 Å². The van der Waals surface area contributed by atoms with E-state index >= 15 is 0 Å². The average molecular weight is 382 g/mol. The fourth-order valence-corrected chi connectivity index (χ4v) is 4.02. The first-order chi connectivity index (χ1) is 13.7. The SMILES string of the molecule is O=c1cc(-c2ccccc2)n(-c2ccc(Cl)c3ccccc23)c2ccccc12. The van der Waals surface area contributed by atoms with Crippen LogP contribution in [-0.2, 0) is 0 Å². The van der Waals surface area contributed by atoms with Crippen molar-refractivity contribution in [1.82, 2.24) is 4.57 Å². The van der Waals surface area contributed by atoms with Crippen LogP contribution in [0.3, 0.4) is 0 Å². The molecule has 0 atom stereocenters. The first-order valence-corrected chi connectivity index (χ1v) is 9.50. The van der Waals surface area contributed by atoms with Crippen LogP contribution >= 0.6 is 11.6 Å². The minimum Gasteiger partial charge on any atom is -0.308 e. The Bertz CT molecular complexity index is 1390. The molecule has 0 unspecified atom stereocenters. The number of pyridine rings is 1. The number of halogens is 1. The molecule has 134 valence electrons. The Labute approximate surface area is 167 Å². The Kier molecular flexibility index (Phi) is 4.00. The van der Waals surface area contributed by atoms with Crippen molar-refractivity contribution in [3.63, 3.8) is 0 Å². The second kappa shape index (κ2) is 6.66. The molecule has 0 amide bonds. The lowest BCUT2D eigenvalue weighted by molar-refractivity contribution is 1.12. The lowest BCUT2D eigenvalue weighted by Gasteiger charge is -2.19. The van der Waals surface area contributed by atoms with Crippen LogP contribution in [0.5, 0.6) is 0 Å². The molecule has 5 rings (SSSR count). The first-order valence-electron chi connectivity index (χ1n) is 9.12. The summed E-state index contributed by atoms with van der Waals surface area (Å²) >= 11 is 6.46. The smallest absolute Gasteiger partial charge is 0.190 e. The largest absolute Gasteiger partial charge is 0.308 e. The van der Waals surface area contributed by atoms with Crippen LogP contribution in [0.4, 0.5) is 0 Å². The number of rotatable bonds is 2. The highest BCUT2D eigenvalue weighted by atomic mass is 35.5. The lowest BCUT2D eigenvalue weighted by atomic mass is 10.0. The first kappa shape index (κ1) is 16.8. The van der Waals surface area contributed by atoms with Crippen molar-refractivity contribution in [3.05, 3.63) is 112 Å². The van der Waals surface area contributed by atoms with Gasteiger partial charge in [-0.2, -0.15) is 0 Å². The summed E-state index contributed by atoms with van der Waals surface area (Å²) in [4.78, 5) is 12.8. The van der Waals surface area contributed by atoms with E-state index < -0.39 is 0 Å². The maximum absolute atomic E-state index is 12.8. The number of hydrogen-bond donors (Lipinski definition) is 0. The maximum atomic E-state index is 12.8. The fraction of sp³-hybridized carbons (Fsp3) is 0. The van der Waals surface area contributed by atoms with Crippen LogP contribution in [-0.4, -0.2) is 4.57 Å². The van der Waals surface area contributed by atoms with E-state index in [9.17, 15) is 4.79 Å². The highest BCUT2D eigenvalue weighted by Gasteiger charge is 2.15. The van der Waals surface area contributed by atoms with E-state index in [1.807, 2.05) is 84.9 Å². The van der Waals surface area contributed by atoms with Crippen LogP contribution in [0, 0.1) is 0 Å². The minimum atomic E-state index is 0.0176. The summed E-state index contributed by atoms with van der Waals surface area (Å²) in [5.41, 5.74) is 3.74. The molecule has 0 spiro atoms. The van der Waals surface area contributed by atoms with Gasteiger partial charge >= 0.3 is 0 Å². The van der Waals surface area contributed by atoms with Crippen LogP contribution in [0.2, 0.25) is 5.02 Å². The molecule has 1 aromatic heterocycles. The van der Waals surface area contributed by atoms with Gasteiger partial charge in [0.25, 0.3) is 0 Å². The molecule has 28 heavy (non-hydrogen) atoms. The quantitative estimate of drug-likeness (QED) is 0.343. The standard InChI is InChI=1S/C25H16ClNO/c26-21-14-15-23(19-11-5-4-10-18(19)21)27-22-13-7-6-12-20(22)25(28)16-24(27)17-8-2-1-3-9-17/h1-16H. The van der Waals surface area contributed by atoms with Gasteiger partial charge in [-0.15, -0.1) is 0 Å². The van der Waals surface area contributed by atoms with E-state index in [4.69, 9.17) is 11.6 Å². The second-order valence-electron chi connectivity index (χ2n) is 6.72. The van der Waals surface area contributed by atoms with Crippen LogP contribution in [0.15, 0.2) is 102 Å². The van der Waals surface area contributed by atoms with Crippen molar-refractivity contribution in [2.75, 3.05) is 0 Å². The predicted octanol–water partition coefficient (Wildman–Crippen LogP) is 6.46. The molecule has 0 aliphatic heterocycles. The van der Waals surface area contributed by atoms with Gasteiger partial charge in [0.1, 0.15) is 0 Å². The second-order valence-corrected chi connectivity index (χ2v) is 7.13. The molecule has 0 aliphatic carbocycles. The van der Waals surface area contributed by atoms with Crippen molar-refractivity contribution in [1.29, 1.82) is 0 Å². The average Bonchev–Trinajstić information content (AvgIpc) is 2.75. The molecule has 1 heterocycles. The molecule has 0 bridgehead atoms. The van der Waals surface area contributed by atoms with Gasteiger partial charge in [0.05, 0.1) is 16.9 Å². The Morgan fingerprint density at radius 1 is 0.643 bits per heavy atom. The summed E-state index contributed by atoms with van der Waals surface area (Å²) in [6, 6.07) is 31.5. The van der Waals surface area contributed by atoms with Gasteiger partial charge in [-0.1, -0.05) is 78.3 Å². The molecular formula is C25H16ClNO. The van der Waals surface area contributed by atoms with E-state index in [0.717, 1.165) is 33.2 Å². The summed E-state index contributed by atoms with van der Waals surface area (Å²) in [5, 5.41) is 3.44. The third-order valence-electron chi connectivity index (χ3n) is 5.08. The molecule has 0 radical (unpaired) electrons. The highest BCUT2D eigenvalue weighted by Crippen LogP contribution is 2.33. The Morgan fingerprint density at radius 3 is 2.07 bits per heavy atom. The fourth-order valence-electron chi connectivity index (χ4n) is 3.80. The Hall–Kier alpha value is -3.36. The number of nitrogens with zero attached hydrogens (tertiary/aromatic N) is 1. The zero-order valence-electron chi connectivity index (χ0n) is 15.0. The summed E-state index contributed by atoms with van der Waals surface area (Å²) in [6.07, 6.45) is 0. The van der Waals surface area contributed by atoms with Crippen molar-refractivity contribution >= 4 is 33.3 Å². The van der Waals surface area contributed by atoms with Gasteiger partial charge in [0.2, 0.25) is 0 Å². The highest BCUT2D eigenvalue weighted by molar-refractivity contribution is 6.35. The van der Waals surface area contributed by atoms with Crippen molar-refractivity contribution in [2.24, 2.45) is 0 Å².